The van der Waals surface area contributed by atoms with E-state index in [4.69, 9.17) is 5.11 Å². The van der Waals surface area contributed by atoms with E-state index < -0.39 is 0 Å². The van der Waals surface area contributed by atoms with Gasteiger partial charge < -0.3 is 10.4 Å². The van der Waals surface area contributed by atoms with Crippen molar-refractivity contribution < 1.29 is 5.11 Å². The molecule has 0 spiro atoms. The zero-order valence-electron chi connectivity index (χ0n) is 9.14. The normalized spacial score (nSPS) is 21.9. The maximum Gasteiger partial charge on any atom is 0.0468 e. The van der Waals surface area contributed by atoms with Gasteiger partial charge in [0.2, 0.25) is 0 Å². The molecule has 1 aliphatic carbocycles. The maximum atomic E-state index is 8.85. The van der Waals surface area contributed by atoms with E-state index in [1.54, 1.807) is 0 Å². The second-order valence-corrected chi connectivity index (χ2v) is 4.94. The van der Waals surface area contributed by atoms with Crippen molar-refractivity contribution in [3.8, 4) is 0 Å². The van der Waals surface area contributed by atoms with Crippen molar-refractivity contribution in [1.82, 2.24) is 5.32 Å². The molecule has 0 aromatic heterocycles. The SMILES string of the molecule is CC(CO)CNCC1(C(C)C)CC1. The Bertz CT molecular complexity index is 152. The average Bonchev–Trinajstić information content (AvgIpc) is 2.85. The predicted molar refractivity (Wildman–Crippen MR) is 55.6 cm³/mol. The third-order valence-corrected chi connectivity index (χ3v) is 3.40. The van der Waals surface area contributed by atoms with Crippen LogP contribution in [0.5, 0.6) is 0 Å². The van der Waals surface area contributed by atoms with E-state index >= 15 is 0 Å². The van der Waals surface area contributed by atoms with Gasteiger partial charge in [0, 0.05) is 13.2 Å². The van der Waals surface area contributed by atoms with Crippen molar-refractivity contribution in [2.45, 2.75) is 33.6 Å². The number of nitrogens with one attached hydrogen (secondary N) is 1. The van der Waals surface area contributed by atoms with Crippen molar-refractivity contribution in [1.29, 1.82) is 0 Å². The first-order valence-electron chi connectivity index (χ1n) is 5.42. The lowest BCUT2D eigenvalue weighted by atomic mass is 9.92. The van der Waals surface area contributed by atoms with E-state index in [9.17, 15) is 0 Å². The van der Waals surface area contributed by atoms with Crippen molar-refractivity contribution in [3.05, 3.63) is 0 Å². The lowest BCUT2D eigenvalue weighted by Gasteiger charge is -2.21. The summed E-state index contributed by atoms with van der Waals surface area (Å²) >= 11 is 0. The van der Waals surface area contributed by atoms with Gasteiger partial charge in [-0.1, -0.05) is 20.8 Å². The Kier molecular flexibility index (Phi) is 3.74. The van der Waals surface area contributed by atoms with Crippen molar-refractivity contribution in [2.75, 3.05) is 19.7 Å². The lowest BCUT2D eigenvalue weighted by Crippen LogP contribution is -2.31. The van der Waals surface area contributed by atoms with Crippen molar-refractivity contribution >= 4 is 0 Å². The molecule has 13 heavy (non-hydrogen) atoms. The minimum Gasteiger partial charge on any atom is -0.396 e. The predicted octanol–water partition coefficient (Wildman–Crippen LogP) is 1.64. The van der Waals surface area contributed by atoms with Gasteiger partial charge in [-0.25, -0.2) is 0 Å². The molecule has 0 aliphatic heterocycles. The van der Waals surface area contributed by atoms with Gasteiger partial charge in [-0.15, -0.1) is 0 Å². The molecule has 1 rings (SSSR count). The molecule has 2 heteroatoms. The minimum atomic E-state index is 0.293. The summed E-state index contributed by atoms with van der Waals surface area (Å²) < 4.78 is 0. The summed E-state index contributed by atoms with van der Waals surface area (Å²) in [5.41, 5.74) is 0.592. The molecule has 1 atom stereocenters. The number of rotatable bonds is 6. The first-order chi connectivity index (χ1) is 6.10. The molecule has 2 nitrogen and oxygen atoms in total. The molecular weight excluding hydrogens is 162 g/mol. The number of hydrogen-bond acceptors (Lipinski definition) is 2. The van der Waals surface area contributed by atoms with Crippen LogP contribution in [-0.2, 0) is 0 Å². The van der Waals surface area contributed by atoms with Gasteiger partial charge in [0.1, 0.15) is 0 Å². The summed E-state index contributed by atoms with van der Waals surface area (Å²) in [6, 6.07) is 0. The van der Waals surface area contributed by atoms with Crippen LogP contribution < -0.4 is 5.32 Å². The summed E-state index contributed by atoms with van der Waals surface area (Å²) in [7, 11) is 0. The largest absolute Gasteiger partial charge is 0.396 e. The van der Waals surface area contributed by atoms with E-state index in [1.165, 1.54) is 12.8 Å². The summed E-state index contributed by atoms with van der Waals surface area (Å²) in [4.78, 5) is 0. The third kappa shape index (κ3) is 2.96. The Morgan fingerprint density at radius 2 is 1.92 bits per heavy atom. The highest BCUT2D eigenvalue weighted by molar-refractivity contribution is 4.97. The fourth-order valence-electron chi connectivity index (χ4n) is 1.75. The van der Waals surface area contributed by atoms with Gasteiger partial charge in [0.25, 0.3) is 0 Å². The van der Waals surface area contributed by atoms with Gasteiger partial charge >= 0.3 is 0 Å². The number of aliphatic hydroxyl groups is 1. The molecule has 0 radical (unpaired) electrons. The van der Waals surface area contributed by atoms with Gasteiger partial charge in [-0.2, -0.15) is 0 Å². The van der Waals surface area contributed by atoms with Crippen LogP contribution in [-0.4, -0.2) is 24.8 Å². The van der Waals surface area contributed by atoms with Crippen LogP contribution in [0.3, 0.4) is 0 Å². The first kappa shape index (κ1) is 11.0. The fraction of sp³-hybridized carbons (Fsp3) is 1.00. The maximum absolute atomic E-state index is 8.85. The first-order valence-corrected chi connectivity index (χ1v) is 5.42. The van der Waals surface area contributed by atoms with Crippen LogP contribution in [0, 0.1) is 17.3 Å². The lowest BCUT2D eigenvalue weighted by molar-refractivity contribution is 0.228. The topological polar surface area (TPSA) is 32.3 Å². The molecule has 1 aliphatic rings. The average molecular weight is 185 g/mol. The molecular formula is C11H23NO. The van der Waals surface area contributed by atoms with Crippen LogP contribution in [0.15, 0.2) is 0 Å². The van der Waals surface area contributed by atoms with Crippen molar-refractivity contribution in [3.63, 3.8) is 0 Å². The minimum absolute atomic E-state index is 0.293. The molecule has 1 unspecified atom stereocenters. The monoisotopic (exact) mass is 185 g/mol. The zero-order valence-corrected chi connectivity index (χ0v) is 9.14. The van der Waals surface area contributed by atoms with Crippen LogP contribution in [0.1, 0.15) is 33.6 Å². The van der Waals surface area contributed by atoms with E-state index in [1.807, 2.05) is 0 Å². The Balaban J connectivity index is 2.12. The summed E-state index contributed by atoms with van der Waals surface area (Å²) in [6.07, 6.45) is 2.76. The Morgan fingerprint density at radius 3 is 2.31 bits per heavy atom. The van der Waals surface area contributed by atoms with E-state index in [-0.39, 0.29) is 0 Å². The Hall–Kier alpha value is -0.0800. The highest BCUT2D eigenvalue weighted by Gasteiger charge is 2.44. The van der Waals surface area contributed by atoms with E-state index in [0.29, 0.717) is 17.9 Å². The second kappa shape index (κ2) is 4.43. The smallest absolute Gasteiger partial charge is 0.0468 e. The van der Waals surface area contributed by atoms with Gasteiger partial charge in [-0.05, 0) is 36.6 Å². The standard InChI is InChI=1S/C11H23NO/c1-9(2)11(4-5-11)8-12-6-10(3)7-13/h9-10,12-13H,4-8H2,1-3H3. The molecule has 78 valence electrons. The number of hydrogen-bond donors (Lipinski definition) is 2. The summed E-state index contributed by atoms with van der Waals surface area (Å²) in [5.74, 6) is 1.19. The molecule has 1 fully saturated rings. The van der Waals surface area contributed by atoms with Gasteiger partial charge in [-0.3, -0.25) is 0 Å². The second-order valence-electron chi connectivity index (χ2n) is 4.94. The van der Waals surface area contributed by atoms with Crippen LogP contribution in [0.2, 0.25) is 0 Å². The molecule has 2 N–H and O–H groups in total. The van der Waals surface area contributed by atoms with Crippen molar-refractivity contribution in [2.24, 2.45) is 17.3 Å². The quantitative estimate of drug-likeness (QED) is 0.659. The molecule has 0 aromatic rings. The van der Waals surface area contributed by atoms with Crippen LogP contribution in [0.25, 0.3) is 0 Å². The Morgan fingerprint density at radius 1 is 1.31 bits per heavy atom. The number of aliphatic hydroxyl groups excluding tert-OH is 1. The molecule has 0 amide bonds. The molecule has 0 heterocycles. The molecule has 0 saturated heterocycles. The zero-order chi connectivity index (χ0) is 9.90. The molecule has 0 bridgehead atoms. The highest BCUT2D eigenvalue weighted by atomic mass is 16.3. The highest BCUT2D eigenvalue weighted by Crippen LogP contribution is 2.51. The van der Waals surface area contributed by atoms with Gasteiger partial charge in [0.15, 0.2) is 0 Å². The summed E-state index contributed by atoms with van der Waals surface area (Å²) in [5, 5.41) is 12.3. The van der Waals surface area contributed by atoms with E-state index in [2.05, 4.69) is 26.1 Å². The summed E-state index contributed by atoms with van der Waals surface area (Å²) in [6.45, 7) is 9.07. The third-order valence-electron chi connectivity index (χ3n) is 3.40. The van der Waals surface area contributed by atoms with E-state index in [0.717, 1.165) is 19.0 Å². The molecule has 1 saturated carbocycles. The van der Waals surface area contributed by atoms with Crippen LogP contribution in [0.4, 0.5) is 0 Å². The van der Waals surface area contributed by atoms with Crippen LogP contribution >= 0.6 is 0 Å². The molecule has 0 aromatic carbocycles. The fourth-order valence-corrected chi connectivity index (χ4v) is 1.75. The van der Waals surface area contributed by atoms with Gasteiger partial charge in [0.05, 0.1) is 0 Å². The Labute approximate surface area is 81.7 Å².